The van der Waals surface area contributed by atoms with Crippen LogP contribution in [0.2, 0.25) is 0 Å². The predicted molar refractivity (Wildman–Crippen MR) is 59.9 cm³/mol. The second-order valence-corrected chi connectivity index (χ2v) is 4.42. The molecular weight excluding hydrogens is 192 g/mol. The molecule has 3 atom stereocenters. The molecule has 0 aliphatic carbocycles. The molecule has 15 heavy (non-hydrogen) atoms. The van der Waals surface area contributed by atoms with Crippen LogP contribution in [-0.4, -0.2) is 42.3 Å². The summed E-state index contributed by atoms with van der Waals surface area (Å²) in [6.07, 6.45) is 1.23. The smallest absolute Gasteiger partial charge is 0.317 e. The van der Waals surface area contributed by atoms with Gasteiger partial charge in [-0.25, -0.2) is 4.79 Å². The predicted octanol–water partition coefficient (Wildman–Crippen LogP) is 1.60. The van der Waals surface area contributed by atoms with Gasteiger partial charge in [-0.2, -0.15) is 0 Å². The molecule has 0 bridgehead atoms. The van der Waals surface area contributed by atoms with Crippen LogP contribution < -0.4 is 5.32 Å². The molecule has 0 radical (unpaired) electrons. The van der Waals surface area contributed by atoms with E-state index in [2.05, 4.69) is 12.2 Å². The number of nitrogens with one attached hydrogen (secondary N) is 1. The fraction of sp³-hybridized carbons (Fsp3) is 0.909. The fourth-order valence-electron chi connectivity index (χ4n) is 1.75. The molecule has 4 nitrogen and oxygen atoms in total. The van der Waals surface area contributed by atoms with Crippen molar-refractivity contribution in [3.05, 3.63) is 0 Å². The number of urea groups is 1. The quantitative estimate of drug-likeness (QED) is 0.758. The maximum atomic E-state index is 11.8. The van der Waals surface area contributed by atoms with Gasteiger partial charge in [-0.3, -0.25) is 0 Å². The van der Waals surface area contributed by atoms with Crippen molar-refractivity contribution in [2.24, 2.45) is 0 Å². The van der Waals surface area contributed by atoms with Crippen molar-refractivity contribution in [2.75, 3.05) is 13.1 Å². The summed E-state index contributed by atoms with van der Waals surface area (Å²) in [5.41, 5.74) is 0. The minimum Gasteiger partial charge on any atom is -0.372 e. The third-order valence-corrected chi connectivity index (χ3v) is 2.69. The van der Waals surface area contributed by atoms with Gasteiger partial charge in [-0.15, -0.1) is 0 Å². The molecule has 1 aliphatic heterocycles. The first-order valence-electron chi connectivity index (χ1n) is 5.73. The molecule has 0 aromatic rings. The van der Waals surface area contributed by atoms with Gasteiger partial charge in [0, 0.05) is 19.1 Å². The number of rotatable bonds is 2. The minimum absolute atomic E-state index is 0.0337. The third kappa shape index (κ3) is 3.70. The lowest BCUT2D eigenvalue weighted by molar-refractivity contribution is -0.0547. The Hall–Kier alpha value is -0.770. The van der Waals surface area contributed by atoms with Crippen LogP contribution >= 0.6 is 0 Å². The van der Waals surface area contributed by atoms with E-state index >= 15 is 0 Å². The average molecular weight is 214 g/mol. The zero-order valence-electron chi connectivity index (χ0n) is 10.1. The van der Waals surface area contributed by atoms with Gasteiger partial charge in [0.1, 0.15) is 0 Å². The highest BCUT2D eigenvalue weighted by atomic mass is 16.5. The van der Waals surface area contributed by atoms with Crippen molar-refractivity contribution in [1.82, 2.24) is 10.2 Å². The highest BCUT2D eigenvalue weighted by Gasteiger charge is 2.26. The Balaban J connectivity index is 2.44. The van der Waals surface area contributed by atoms with Gasteiger partial charge in [0.15, 0.2) is 0 Å². The van der Waals surface area contributed by atoms with E-state index < -0.39 is 0 Å². The largest absolute Gasteiger partial charge is 0.372 e. The number of amides is 2. The van der Waals surface area contributed by atoms with E-state index in [1.807, 2.05) is 25.7 Å². The summed E-state index contributed by atoms with van der Waals surface area (Å²) in [6, 6.07) is 0.275. The van der Waals surface area contributed by atoms with Gasteiger partial charge < -0.3 is 15.0 Å². The Morgan fingerprint density at radius 1 is 1.47 bits per heavy atom. The maximum absolute atomic E-state index is 11.8. The van der Waals surface area contributed by atoms with E-state index in [0.717, 1.165) is 6.42 Å². The third-order valence-electron chi connectivity index (χ3n) is 2.69. The van der Waals surface area contributed by atoms with Gasteiger partial charge in [-0.1, -0.05) is 6.92 Å². The summed E-state index contributed by atoms with van der Waals surface area (Å²) >= 11 is 0. The molecular formula is C11H22N2O2. The van der Waals surface area contributed by atoms with E-state index in [1.54, 1.807) is 0 Å². The zero-order valence-corrected chi connectivity index (χ0v) is 10.1. The van der Waals surface area contributed by atoms with E-state index in [9.17, 15) is 4.79 Å². The van der Waals surface area contributed by atoms with Crippen LogP contribution in [0.1, 0.15) is 34.1 Å². The molecule has 0 aromatic carbocycles. The highest BCUT2D eigenvalue weighted by Crippen LogP contribution is 2.10. The molecule has 3 unspecified atom stereocenters. The number of ether oxygens (including phenoxy) is 1. The number of carbonyl (C=O) groups is 1. The summed E-state index contributed by atoms with van der Waals surface area (Å²) in [4.78, 5) is 13.7. The van der Waals surface area contributed by atoms with Crippen molar-refractivity contribution in [3.8, 4) is 0 Å². The van der Waals surface area contributed by atoms with Crippen LogP contribution in [0.25, 0.3) is 0 Å². The Morgan fingerprint density at radius 2 is 2.00 bits per heavy atom. The SMILES string of the molecule is CCC(C)NC(=O)N1CC(C)OC(C)C1. The van der Waals surface area contributed by atoms with Crippen molar-refractivity contribution >= 4 is 6.03 Å². The van der Waals surface area contributed by atoms with Gasteiger partial charge in [0.2, 0.25) is 0 Å². The first-order valence-corrected chi connectivity index (χ1v) is 5.73. The van der Waals surface area contributed by atoms with Gasteiger partial charge in [0.05, 0.1) is 12.2 Å². The lowest BCUT2D eigenvalue weighted by atomic mass is 10.2. The molecule has 0 aromatic heterocycles. The Morgan fingerprint density at radius 3 is 2.47 bits per heavy atom. The highest BCUT2D eigenvalue weighted by molar-refractivity contribution is 5.74. The molecule has 4 heteroatoms. The van der Waals surface area contributed by atoms with Crippen molar-refractivity contribution in [1.29, 1.82) is 0 Å². The summed E-state index contributed by atoms with van der Waals surface area (Å²) in [7, 11) is 0. The molecule has 88 valence electrons. The second kappa shape index (κ2) is 5.35. The zero-order chi connectivity index (χ0) is 11.4. The van der Waals surface area contributed by atoms with E-state index in [0.29, 0.717) is 13.1 Å². The molecule has 2 amide bonds. The molecule has 1 heterocycles. The minimum atomic E-state index is 0.0337. The topological polar surface area (TPSA) is 41.6 Å². The van der Waals surface area contributed by atoms with Crippen LogP contribution in [0.3, 0.4) is 0 Å². The molecule has 1 fully saturated rings. The Labute approximate surface area is 92.0 Å². The van der Waals surface area contributed by atoms with E-state index in [-0.39, 0.29) is 24.3 Å². The number of carbonyl (C=O) groups excluding carboxylic acids is 1. The van der Waals surface area contributed by atoms with Gasteiger partial charge >= 0.3 is 6.03 Å². The summed E-state index contributed by atoms with van der Waals surface area (Å²) in [6.45, 7) is 9.46. The normalized spacial score (nSPS) is 28.7. The standard InChI is InChI=1S/C11H22N2O2/c1-5-8(2)12-11(14)13-6-9(3)15-10(4)7-13/h8-10H,5-7H2,1-4H3,(H,12,14). The number of nitrogens with zero attached hydrogens (tertiary/aromatic N) is 1. The van der Waals surface area contributed by atoms with Gasteiger partial charge in [-0.05, 0) is 27.2 Å². The number of morpholine rings is 1. The molecule has 1 aliphatic rings. The van der Waals surface area contributed by atoms with Gasteiger partial charge in [0.25, 0.3) is 0 Å². The number of hydrogen-bond donors (Lipinski definition) is 1. The van der Waals surface area contributed by atoms with Crippen molar-refractivity contribution in [3.63, 3.8) is 0 Å². The lowest BCUT2D eigenvalue weighted by Crippen LogP contribution is -2.53. The first-order chi connectivity index (χ1) is 7.02. The molecule has 1 saturated heterocycles. The van der Waals surface area contributed by atoms with Crippen LogP contribution in [-0.2, 0) is 4.74 Å². The lowest BCUT2D eigenvalue weighted by Gasteiger charge is -2.35. The maximum Gasteiger partial charge on any atom is 0.317 e. The average Bonchev–Trinajstić information content (AvgIpc) is 2.16. The number of hydrogen-bond acceptors (Lipinski definition) is 2. The van der Waals surface area contributed by atoms with Crippen LogP contribution in [0, 0.1) is 0 Å². The summed E-state index contributed by atoms with van der Waals surface area (Å²) in [5, 5.41) is 2.97. The molecule has 0 saturated carbocycles. The molecule has 0 spiro atoms. The van der Waals surface area contributed by atoms with Crippen molar-refractivity contribution in [2.45, 2.75) is 52.4 Å². The van der Waals surface area contributed by atoms with Crippen LogP contribution in [0.4, 0.5) is 4.79 Å². The monoisotopic (exact) mass is 214 g/mol. The first kappa shape index (κ1) is 12.3. The Bertz CT molecular complexity index is 211. The second-order valence-electron chi connectivity index (χ2n) is 4.42. The van der Waals surface area contributed by atoms with Crippen LogP contribution in [0.15, 0.2) is 0 Å². The Kier molecular flexibility index (Phi) is 4.39. The van der Waals surface area contributed by atoms with E-state index in [1.165, 1.54) is 0 Å². The summed E-state index contributed by atoms with van der Waals surface area (Å²) < 4.78 is 5.58. The summed E-state index contributed by atoms with van der Waals surface area (Å²) in [5.74, 6) is 0. The van der Waals surface area contributed by atoms with Crippen molar-refractivity contribution < 1.29 is 9.53 Å². The molecule has 1 N–H and O–H groups in total. The fourth-order valence-corrected chi connectivity index (χ4v) is 1.75. The van der Waals surface area contributed by atoms with Crippen LogP contribution in [0.5, 0.6) is 0 Å². The van der Waals surface area contributed by atoms with E-state index in [4.69, 9.17) is 4.74 Å². The molecule has 1 rings (SSSR count).